The van der Waals surface area contributed by atoms with E-state index < -0.39 is 0 Å². The van der Waals surface area contributed by atoms with Crippen molar-refractivity contribution in [2.75, 3.05) is 0 Å². The zero-order valence-electron chi connectivity index (χ0n) is 12.7. The van der Waals surface area contributed by atoms with Gasteiger partial charge in [0.05, 0.1) is 6.20 Å². The summed E-state index contributed by atoms with van der Waals surface area (Å²) in [5, 5.41) is 0.861. The fourth-order valence-corrected chi connectivity index (χ4v) is 2.91. The molecular weight excluding hydrogens is 283 g/mol. The van der Waals surface area contributed by atoms with Crippen LogP contribution in [0.4, 0.5) is 4.39 Å². The van der Waals surface area contributed by atoms with E-state index in [4.69, 9.17) is 0 Å². The summed E-state index contributed by atoms with van der Waals surface area (Å²) in [7, 11) is 0. The Morgan fingerprint density at radius 3 is 2.43 bits per heavy atom. The van der Waals surface area contributed by atoms with Gasteiger partial charge in [0.15, 0.2) is 5.65 Å². The summed E-state index contributed by atoms with van der Waals surface area (Å²) in [4.78, 5) is 5.32. The molecule has 0 unspecified atom stereocenters. The average molecular weight is 302 g/mol. The van der Waals surface area contributed by atoms with Gasteiger partial charge in [0.25, 0.3) is 0 Å². The van der Waals surface area contributed by atoms with Gasteiger partial charge in [-0.1, -0.05) is 31.5 Å². The fraction of sp³-hybridized carbons (Fsp3) is 0.235. The summed E-state index contributed by atoms with van der Waals surface area (Å²) >= 11 is 1.58. The van der Waals surface area contributed by atoms with Crippen LogP contribution in [0.2, 0.25) is 0 Å². The van der Waals surface area contributed by atoms with Gasteiger partial charge in [0.1, 0.15) is 5.82 Å². The zero-order chi connectivity index (χ0) is 15.4. The quantitative estimate of drug-likeness (QED) is 0.633. The number of pyridine rings is 1. The van der Waals surface area contributed by atoms with Crippen molar-refractivity contribution < 1.29 is 4.39 Å². The molecular formula is C17H19FN2S. The topological polar surface area (TPSA) is 17.8 Å². The third-order valence-electron chi connectivity index (χ3n) is 3.00. The van der Waals surface area contributed by atoms with Crippen LogP contribution in [0.3, 0.4) is 0 Å². The highest BCUT2D eigenvalue weighted by atomic mass is 32.2. The smallest absolute Gasteiger partial charge is 0.150 e. The maximum atomic E-state index is 13.2. The van der Waals surface area contributed by atoms with E-state index in [-0.39, 0.29) is 5.82 Å². The first-order valence-electron chi connectivity index (χ1n) is 7.02. The van der Waals surface area contributed by atoms with Gasteiger partial charge in [-0.05, 0) is 49.6 Å². The van der Waals surface area contributed by atoms with Crippen LogP contribution in [0.5, 0.6) is 0 Å². The molecule has 0 radical (unpaired) electrons. The second-order valence-corrected chi connectivity index (χ2v) is 5.61. The molecule has 0 saturated carbocycles. The SMILES string of the molecule is CC.Cc1ccc(Sn2cc(C)c3cc(F)cnc32)cc1. The number of hydrogen-bond acceptors (Lipinski definition) is 2. The normalized spacial score (nSPS) is 10.3. The van der Waals surface area contributed by atoms with Crippen LogP contribution in [0.1, 0.15) is 25.0 Å². The number of fused-ring (bicyclic) bond motifs is 1. The van der Waals surface area contributed by atoms with E-state index in [0.29, 0.717) is 0 Å². The molecule has 2 nitrogen and oxygen atoms in total. The predicted octanol–water partition coefficient (Wildman–Crippen LogP) is 5.37. The van der Waals surface area contributed by atoms with E-state index in [1.165, 1.54) is 17.8 Å². The Labute approximate surface area is 129 Å². The minimum Gasteiger partial charge on any atom is -0.270 e. The van der Waals surface area contributed by atoms with E-state index in [2.05, 4.69) is 36.2 Å². The third-order valence-corrected chi connectivity index (χ3v) is 3.96. The molecule has 3 rings (SSSR count). The van der Waals surface area contributed by atoms with Gasteiger partial charge >= 0.3 is 0 Å². The van der Waals surface area contributed by atoms with Crippen molar-refractivity contribution in [2.24, 2.45) is 0 Å². The molecule has 0 spiro atoms. The molecule has 0 aliphatic carbocycles. The molecule has 110 valence electrons. The molecule has 0 aliphatic heterocycles. The van der Waals surface area contributed by atoms with Crippen LogP contribution < -0.4 is 0 Å². The monoisotopic (exact) mass is 302 g/mol. The molecule has 0 atom stereocenters. The first-order valence-corrected chi connectivity index (χ1v) is 7.79. The third kappa shape index (κ3) is 3.45. The second kappa shape index (κ2) is 6.76. The Kier molecular flexibility index (Phi) is 5.02. The van der Waals surface area contributed by atoms with Crippen molar-refractivity contribution in [1.82, 2.24) is 8.96 Å². The summed E-state index contributed by atoms with van der Waals surface area (Å²) in [5.41, 5.74) is 3.06. The highest BCUT2D eigenvalue weighted by Crippen LogP contribution is 2.28. The number of nitrogens with zero attached hydrogens (tertiary/aromatic N) is 2. The van der Waals surface area contributed by atoms with Crippen molar-refractivity contribution in [1.29, 1.82) is 0 Å². The Balaban J connectivity index is 0.000000774. The lowest BCUT2D eigenvalue weighted by atomic mass is 10.2. The van der Waals surface area contributed by atoms with Crippen LogP contribution in [0.25, 0.3) is 11.0 Å². The van der Waals surface area contributed by atoms with Gasteiger partial charge in [-0.2, -0.15) is 0 Å². The first-order chi connectivity index (χ1) is 10.1. The van der Waals surface area contributed by atoms with Gasteiger partial charge in [0.2, 0.25) is 0 Å². The minimum atomic E-state index is -0.298. The summed E-state index contributed by atoms with van der Waals surface area (Å²) in [6.07, 6.45) is 3.25. The predicted molar refractivity (Wildman–Crippen MR) is 88.2 cm³/mol. The zero-order valence-corrected chi connectivity index (χ0v) is 13.5. The van der Waals surface area contributed by atoms with Crippen LogP contribution in [-0.4, -0.2) is 8.96 Å². The van der Waals surface area contributed by atoms with Crippen molar-refractivity contribution >= 4 is 23.0 Å². The number of hydrogen-bond donors (Lipinski definition) is 0. The molecule has 0 N–H and O–H groups in total. The van der Waals surface area contributed by atoms with Crippen molar-refractivity contribution in [3.63, 3.8) is 0 Å². The highest BCUT2D eigenvalue weighted by Gasteiger charge is 2.09. The largest absolute Gasteiger partial charge is 0.270 e. The van der Waals surface area contributed by atoms with E-state index in [1.54, 1.807) is 11.9 Å². The molecule has 2 heterocycles. The number of rotatable bonds is 2. The van der Waals surface area contributed by atoms with Crippen molar-refractivity contribution in [3.8, 4) is 0 Å². The molecule has 0 fully saturated rings. The van der Waals surface area contributed by atoms with E-state index >= 15 is 0 Å². The summed E-state index contributed by atoms with van der Waals surface area (Å²) in [6, 6.07) is 9.83. The molecule has 21 heavy (non-hydrogen) atoms. The number of benzene rings is 1. The maximum Gasteiger partial charge on any atom is 0.150 e. The lowest BCUT2D eigenvalue weighted by Gasteiger charge is -2.04. The lowest BCUT2D eigenvalue weighted by molar-refractivity contribution is 0.624. The Hall–Kier alpha value is -1.81. The highest BCUT2D eigenvalue weighted by molar-refractivity contribution is 7.98. The van der Waals surface area contributed by atoms with Crippen molar-refractivity contribution in [2.45, 2.75) is 32.6 Å². The van der Waals surface area contributed by atoms with Crippen LogP contribution >= 0.6 is 11.9 Å². The van der Waals surface area contributed by atoms with Crippen LogP contribution in [-0.2, 0) is 0 Å². The lowest BCUT2D eigenvalue weighted by Crippen LogP contribution is -1.88. The van der Waals surface area contributed by atoms with Gasteiger partial charge in [-0.25, -0.2) is 9.37 Å². The summed E-state index contributed by atoms with van der Waals surface area (Å²) in [5.74, 6) is -0.298. The first kappa shape index (κ1) is 15.6. The van der Waals surface area contributed by atoms with Gasteiger partial charge < -0.3 is 0 Å². The van der Waals surface area contributed by atoms with Gasteiger partial charge in [0, 0.05) is 16.5 Å². The Morgan fingerprint density at radius 2 is 1.76 bits per heavy atom. The fourth-order valence-electron chi connectivity index (χ4n) is 1.99. The van der Waals surface area contributed by atoms with Crippen LogP contribution in [0, 0.1) is 19.7 Å². The van der Waals surface area contributed by atoms with Crippen molar-refractivity contribution in [3.05, 3.63) is 59.7 Å². The average Bonchev–Trinajstić information content (AvgIpc) is 2.79. The Morgan fingerprint density at radius 1 is 1.10 bits per heavy atom. The molecule has 2 aromatic heterocycles. The molecule has 1 aromatic carbocycles. The molecule has 0 amide bonds. The standard InChI is InChI=1S/C15H13FN2S.C2H6/c1-10-3-5-13(6-4-10)19-18-9-11(2)14-7-12(16)8-17-15(14)18;1-2/h3-9H,1-2H3;1-2H3. The Bertz CT molecular complexity index is 732. The second-order valence-electron chi connectivity index (χ2n) is 4.57. The number of aryl methyl sites for hydroxylation is 2. The summed E-state index contributed by atoms with van der Waals surface area (Å²) < 4.78 is 15.2. The van der Waals surface area contributed by atoms with E-state index in [1.807, 2.05) is 30.9 Å². The van der Waals surface area contributed by atoms with Crippen LogP contribution in [0.15, 0.2) is 47.6 Å². The molecule has 4 heteroatoms. The molecule has 0 aliphatic rings. The maximum absolute atomic E-state index is 13.2. The minimum absolute atomic E-state index is 0.298. The molecule has 3 aromatic rings. The molecule has 0 saturated heterocycles. The van der Waals surface area contributed by atoms with Gasteiger partial charge in [-0.3, -0.25) is 3.97 Å². The number of halogens is 1. The molecule has 0 bridgehead atoms. The van der Waals surface area contributed by atoms with E-state index in [9.17, 15) is 4.39 Å². The van der Waals surface area contributed by atoms with E-state index in [0.717, 1.165) is 21.5 Å². The van der Waals surface area contributed by atoms with Gasteiger partial charge in [-0.15, -0.1) is 0 Å². The summed E-state index contributed by atoms with van der Waals surface area (Å²) in [6.45, 7) is 8.03. The number of aromatic nitrogens is 2.